The van der Waals surface area contributed by atoms with Crippen LogP contribution in [0.4, 0.5) is 0 Å². The molecule has 2 rings (SSSR count). The molecule has 20 heavy (non-hydrogen) atoms. The summed E-state index contributed by atoms with van der Waals surface area (Å²) in [6, 6.07) is 5.06. The summed E-state index contributed by atoms with van der Waals surface area (Å²) in [6.07, 6.45) is 1.48. The van der Waals surface area contributed by atoms with Crippen molar-refractivity contribution in [2.24, 2.45) is 0 Å². The van der Waals surface area contributed by atoms with Crippen LogP contribution in [0.3, 0.4) is 0 Å². The fourth-order valence-electron chi connectivity index (χ4n) is 1.98. The second kappa shape index (κ2) is 6.31. The molecule has 1 aromatic heterocycles. The molecule has 0 spiro atoms. The molecule has 0 amide bonds. The Labute approximate surface area is 126 Å². The van der Waals surface area contributed by atoms with Gasteiger partial charge in [0.25, 0.3) is 0 Å². The Morgan fingerprint density at radius 2 is 1.95 bits per heavy atom. The highest BCUT2D eigenvalue weighted by molar-refractivity contribution is 6.39. The SMILES string of the molecule is CCOC(=O)c1c[nH]c(CO)c1-c1c(Cl)cccc1Cl. The van der Waals surface area contributed by atoms with E-state index in [9.17, 15) is 9.90 Å². The van der Waals surface area contributed by atoms with E-state index in [1.807, 2.05) is 0 Å². The van der Waals surface area contributed by atoms with Crippen LogP contribution in [0.2, 0.25) is 10.0 Å². The fraction of sp³-hybridized carbons (Fsp3) is 0.214. The van der Waals surface area contributed by atoms with Crippen LogP contribution < -0.4 is 0 Å². The number of esters is 1. The third-order valence-corrected chi connectivity index (χ3v) is 3.46. The lowest BCUT2D eigenvalue weighted by molar-refractivity contribution is 0.0527. The maximum Gasteiger partial charge on any atom is 0.340 e. The average molecular weight is 314 g/mol. The van der Waals surface area contributed by atoms with Gasteiger partial charge in [-0.2, -0.15) is 0 Å². The molecule has 0 bridgehead atoms. The van der Waals surface area contributed by atoms with Crippen LogP contribution >= 0.6 is 23.2 Å². The van der Waals surface area contributed by atoms with Crippen molar-refractivity contribution in [3.63, 3.8) is 0 Å². The van der Waals surface area contributed by atoms with Gasteiger partial charge in [-0.25, -0.2) is 4.79 Å². The molecule has 0 aliphatic carbocycles. The van der Waals surface area contributed by atoms with Gasteiger partial charge in [0, 0.05) is 33.1 Å². The normalized spacial score (nSPS) is 10.6. The van der Waals surface area contributed by atoms with E-state index in [2.05, 4.69) is 4.98 Å². The van der Waals surface area contributed by atoms with Crippen molar-refractivity contribution >= 4 is 29.2 Å². The van der Waals surface area contributed by atoms with Crippen LogP contribution in [0.25, 0.3) is 11.1 Å². The number of hydrogen-bond acceptors (Lipinski definition) is 3. The van der Waals surface area contributed by atoms with Gasteiger partial charge >= 0.3 is 5.97 Å². The standard InChI is InChI=1S/C14H13Cl2NO3/c1-2-20-14(19)8-6-17-11(7-18)12(8)13-9(15)4-3-5-10(13)16/h3-6,17-18H,2,7H2,1H3. The molecule has 0 aliphatic heterocycles. The van der Waals surface area contributed by atoms with Crippen LogP contribution in [-0.2, 0) is 11.3 Å². The highest BCUT2D eigenvalue weighted by Gasteiger charge is 2.23. The summed E-state index contributed by atoms with van der Waals surface area (Å²) < 4.78 is 5.00. The number of aliphatic hydroxyl groups is 1. The number of carbonyl (C=O) groups excluding carboxylic acids is 1. The first-order valence-corrected chi connectivity index (χ1v) is 6.78. The number of benzene rings is 1. The van der Waals surface area contributed by atoms with E-state index < -0.39 is 5.97 Å². The van der Waals surface area contributed by atoms with E-state index >= 15 is 0 Å². The van der Waals surface area contributed by atoms with E-state index in [1.54, 1.807) is 25.1 Å². The average Bonchev–Trinajstić information content (AvgIpc) is 2.82. The topological polar surface area (TPSA) is 62.3 Å². The molecule has 6 heteroatoms. The molecule has 4 nitrogen and oxygen atoms in total. The van der Waals surface area contributed by atoms with Gasteiger partial charge in [-0.05, 0) is 19.1 Å². The highest BCUT2D eigenvalue weighted by Crippen LogP contribution is 2.38. The number of nitrogens with one attached hydrogen (secondary N) is 1. The number of ether oxygens (including phenoxy) is 1. The lowest BCUT2D eigenvalue weighted by Gasteiger charge is -2.10. The second-order valence-corrected chi connectivity index (χ2v) is 4.85. The molecule has 2 aromatic rings. The van der Waals surface area contributed by atoms with Gasteiger partial charge < -0.3 is 14.8 Å². The maximum absolute atomic E-state index is 12.0. The number of carbonyl (C=O) groups is 1. The zero-order valence-corrected chi connectivity index (χ0v) is 12.3. The monoisotopic (exact) mass is 313 g/mol. The zero-order chi connectivity index (χ0) is 14.7. The van der Waals surface area contributed by atoms with E-state index in [-0.39, 0.29) is 13.2 Å². The Bertz CT molecular complexity index is 617. The largest absolute Gasteiger partial charge is 0.462 e. The van der Waals surface area contributed by atoms with E-state index in [4.69, 9.17) is 27.9 Å². The minimum absolute atomic E-state index is 0.258. The minimum atomic E-state index is -0.491. The van der Waals surface area contributed by atoms with E-state index in [0.29, 0.717) is 32.4 Å². The quantitative estimate of drug-likeness (QED) is 0.847. The van der Waals surface area contributed by atoms with Crippen molar-refractivity contribution < 1.29 is 14.6 Å². The second-order valence-electron chi connectivity index (χ2n) is 4.03. The Morgan fingerprint density at radius 1 is 1.30 bits per heavy atom. The molecular weight excluding hydrogens is 301 g/mol. The number of H-pyrrole nitrogens is 1. The van der Waals surface area contributed by atoms with Gasteiger partial charge in [0.2, 0.25) is 0 Å². The van der Waals surface area contributed by atoms with Crippen molar-refractivity contribution in [1.29, 1.82) is 0 Å². The molecule has 1 aromatic carbocycles. The van der Waals surface area contributed by atoms with Crippen LogP contribution in [0.5, 0.6) is 0 Å². The third-order valence-electron chi connectivity index (χ3n) is 2.83. The van der Waals surface area contributed by atoms with Crippen molar-refractivity contribution in [3.05, 3.63) is 45.7 Å². The Kier molecular flexibility index (Phi) is 4.70. The molecular formula is C14H13Cl2NO3. The van der Waals surface area contributed by atoms with E-state index in [0.717, 1.165) is 0 Å². The predicted octanol–water partition coefficient (Wildman–Crippen LogP) is 3.66. The Morgan fingerprint density at radius 3 is 2.50 bits per heavy atom. The molecule has 0 unspecified atom stereocenters. The number of aliphatic hydroxyl groups excluding tert-OH is 1. The van der Waals surface area contributed by atoms with Crippen LogP contribution in [-0.4, -0.2) is 22.7 Å². The number of rotatable bonds is 4. The number of aromatic nitrogens is 1. The summed E-state index contributed by atoms with van der Waals surface area (Å²) in [5.74, 6) is -0.491. The lowest BCUT2D eigenvalue weighted by Crippen LogP contribution is -2.05. The molecule has 0 aliphatic rings. The summed E-state index contributed by atoms with van der Waals surface area (Å²) in [5.41, 5.74) is 1.74. The minimum Gasteiger partial charge on any atom is -0.462 e. The Hall–Kier alpha value is -1.49. The first-order chi connectivity index (χ1) is 9.60. The van der Waals surface area contributed by atoms with E-state index in [1.165, 1.54) is 6.20 Å². The molecule has 1 heterocycles. The molecule has 0 saturated heterocycles. The van der Waals surface area contributed by atoms with Gasteiger partial charge in [0.05, 0.1) is 18.8 Å². The molecule has 0 fully saturated rings. The third kappa shape index (κ3) is 2.68. The van der Waals surface area contributed by atoms with Crippen molar-refractivity contribution in [1.82, 2.24) is 4.98 Å². The van der Waals surface area contributed by atoms with Crippen LogP contribution in [0.15, 0.2) is 24.4 Å². The zero-order valence-electron chi connectivity index (χ0n) is 10.7. The van der Waals surface area contributed by atoms with Gasteiger partial charge in [0.15, 0.2) is 0 Å². The molecule has 0 saturated carbocycles. The predicted molar refractivity (Wildman–Crippen MR) is 78.1 cm³/mol. The number of hydrogen-bond donors (Lipinski definition) is 2. The van der Waals surface area contributed by atoms with Gasteiger partial charge in [-0.15, -0.1) is 0 Å². The van der Waals surface area contributed by atoms with Gasteiger partial charge in [-0.1, -0.05) is 29.3 Å². The molecule has 0 radical (unpaired) electrons. The summed E-state index contributed by atoms with van der Waals surface area (Å²) in [4.78, 5) is 14.8. The smallest absolute Gasteiger partial charge is 0.340 e. The maximum atomic E-state index is 12.0. The number of halogens is 2. The number of aromatic amines is 1. The molecule has 2 N–H and O–H groups in total. The van der Waals surface area contributed by atoms with Crippen molar-refractivity contribution in [2.45, 2.75) is 13.5 Å². The fourth-order valence-corrected chi connectivity index (χ4v) is 2.57. The summed E-state index contributed by atoms with van der Waals surface area (Å²) in [5, 5.41) is 10.2. The van der Waals surface area contributed by atoms with Crippen LogP contribution in [0, 0.1) is 0 Å². The first kappa shape index (κ1) is 14.9. The van der Waals surface area contributed by atoms with Gasteiger partial charge in [-0.3, -0.25) is 0 Å². The molecule has 0 atom stereocenters. The van der Waals surface area contributed by atoms with Gasteiger partial charge in [0.1, 0.15) is 0 Å². The van der Waals surface area contributed by atoms with Crippen molar-refractivity contribution in [2.75, 3.05) is 6.61 Å². The summed E-state index contributed by atoms with van der Waals surface area (Å²) >= 11 is 12.3. The summed E-state index contributed by atoms with van der Waals surface area (Å²) in [7, 11) is 0. The lowest BCUT2D eigenvalue weighted by atomic mass is 10.0. The van der Waals surface area contributed by atoms with Crippen molar-refractivity contribution in [3.8, 4) is 11.1 Å². The van der Waals surface area contributed by atoms with Crippen LogP contribution in [0.1, 0.15) is 23.0 Å². The Balaban J connectivity index is 2.65. The molecule has 106 valence electrons. The summed E-state index contributed by atoms with van der Waals surface area (Å²) in [6.45, 7) is 1.71. The first-order valence-electron chi connectivity index (χ1n) is 6.02. The highest BCUT2D eigenvalue weighted by atomic mass is 35.5.